The Morgan fingerprint density at radius 1 is 1.20 bits per heavy atom. The summed E-state index contributed by atoms with van der Waals surface area (Å²) in [5.41, 5.74) is 2.12. The lowest BCUT2D eigenvalue weighted by molar-refractivity contribution is 0.802. The van der Waals surface area contributed by atoms with Crippen LogP contribution in [0.5, 0.6) is 0 Å². The molecular weight excluding hydrogens is 290 g/mol. The van der Waals surface area contributed by atoms with Gasteiger partial charge >= 0.3 is 0 Å². The highest BCUT2D eigenvalue weighted by Gasteiger charge is 2.15. The van der Waals surface area contributed by atoms with E-state index in [1.165, 1.54) is 11.7 Å². The number of fused-ring (bicyclic) bond motifs is 1. The Balaban J connectivity index is 2.00. The normalized spacial score (nSPS) is 11.4. The van der Waals surface area contributed by atoms with Gasteiger partial charge < -0.3 is 4.98 Å². The number of rotatable bonds is 3. The fourth-order valence-corrected chi connectivity index (χ4v) is 3.64. The van der Waals surface area contributed by atoms with Crippen LogP contribution in [-0.2, 0) is 0 Å². The van der Waals surface area contributed by atoms with Crippen LogP contribution < -0.4 is 0 Å². The van der Waals surface area contributed by atoms with Gasteiger partial charge in [-0.3, -0.25) is 0 Å². The molecule has 0 aliphatic carbocycles. The molecule has 0 amide bonds. The zero-order valence-corrected chi connectivity index (χ0v) is 12.8. The lowest BCUT2D eigenvalue weighted by atomic mass is 10.1. The van der Waals surface area contributed by atoms with Crippen LogP contribution in [0.25, 0.3) is 10.9 Å². The minimum Gasteiger partial charge on any atom is -0.349 e. The highest BCUT2D eigenvalue weighted by molar-refractivity contribution is 7.99. The number of aromatic nitrogens is 3. The highest BCUT2D eigenvalue weighted by atomic mass is 35.5. The predicted octanol–water partition coefficient (Wildman–Crippen LogP) is 4.89. The number of H-pyrrole nitrogens is 1. The van der Waals surface area contributed by atoms with E-state index in [4.69, 9.17) is 11.6 Å². The molecule has 102 valence electrons. The van der Waals surface area contributed by atoms with Gasteiger partial charge in [0, 0.05) is 16.5 Å². The maximum Gasteiger partial charge on any atom is 0.137 e. The third-order valence-corrected chi connectivity index (χ3v) is 4.35. The third kappa shape index (κ3) is 2.53. The van der Waals surface area contributed by atoms with Gasteiger partial charge in [-0.05, 0) is 18.1 Å². The predicted molar refractivity (Wildman–Crippen MR) is 83.6 cm³/mol. The second-order valence-corrected chi connectivity index (χ2v) is 6.25. The summed E-state index contributed by atoms with van der Waals surface area (Å²) < 4.78 is 0. The summed E-state index contributed by atoms with van der Waals surface area (Å²) in [6.45, 7) is 4.19. The van der Waals surface area contributed by atoms with E-state index in [-0.39, 0.29) is 5.92 Å². The van der Waals surface area contributed by atoms with Crippen LogP contribution in [0.15, 0.2) is 46.7 Å². The van der Waals surface area contributed by atoms with Gasteiger partial charge in [0.2, 0.25) is 0 Å². The Morgan fingerprint density at radius 3 is 2.75 bits per heavy atom. The van der Waals surface area contributed by atoms with Gasteiger partial charge in [-0.1, -0.05) is 55.4 Å². The summed E-state index contributed by atoms with van der Waals surface area (Å²) in [5.74, 6) is 0.288. The molecule has 0 spiro atoms. The molecule has 5 heteroatoms. The molecule has 1 N–H and O–H groups in total. The van der Waals surface area contributed by atoms with E-state index in [0.29, 0.717) is 5.15 Å². The Labute approximate surface area is 126 Å². The smallest absolute Gasteiger partial charge is 0.137 e. The molecule has 20 heavy (non-hydrogen) atoms. The fraction of sp³-hybridized carbons (Fsp3) is 0.200. The highest BCUT2D eigenvalue weighted by Crippen LogP contribution is 2.35. The van der Waals surface area contributed by atoms with Gasteiger partial charge in [0.15, 0.2) is 0 Å². The number of hydrogen-bond donors (Lipinski definition) is 1. The first-order valence-corrected chi connectivity index (χ1v) is 7.60. The first kappa shape index (κ1) is 13.5. The van der Waals surface area contributed by atoms with Crippen molar-refractivity contribution in [2.75, 3.05) is 0 Å². The first-order valence-electron chi connectivity index (χ1n) is 6.41. The molecule has 3 rings (SSSR count). The molecule has 3 aromatic rings. The monoisotopic (exact) mass is 303 g/mol. The zero-order chi connectivity index (χ0) is 14.1. The maximum absolute atomic E-state index is 6.19. The molecule has 0 unspecified atom stereocenters. The van der Waals surface area contributed by atoms with Crippen molar-refractivity contribution in [2.45, 2.75) is 29.8 Å². The molecule has 2 heterocycles. The van der Waals surface area contributed by atoms with Crippen molar-refractivity contribution < 1.29 is 0 Å². The number of benzene rings is 1. The second-order valence-electron chi connectivity index (χ2n) is 4.86. The van der Waals surface area contributed by atoms with Crippen molar-refractivity contribution in [3.05, 3.63) is 47.4 Å². The summed E-state index contributed by atoms with van der Waals surface area (Å²) in [6, 6.07) is 10.3. The number of halogens is 1. The van der Waals surface area contributed by atoms with Crippen LogP contribution >= 0.6 is 23.4 Å². The molecule has 0 atom stereocenters. The fourth-order valence-electron chi connectivity index (χ4n) is 2.13. The summed E-state index contributed by atoms with van der Waals surface area (Å²) in [5, 5.41) is 3.70. The summed E-state index contributed by atoms with van der Waals surface area (Å²) in [6.07, 6.45) is 1.51. The SMILES string of the molecule is CC(C)c1c(Cl)ncnc1Sc1cc2ccccc2[nH]1. The number of nitrogens with one attached hydrogen (secondary N) is 1. The third-order valence-electron chi connectivity index (χ3n) is 3.09. The quantitative estimate of drug-likeness (QED) is 0.701. The molecule has 0 saturated heterocycles. The molecule has 2 aromatic heterocycles. The van der Waals surface area contributed by atoms with E-state index >= 15 is 0 Å². The van der Waals surface area contributed by atoms with Gasteiger partial charge in [-0.15, -0.1) is 0 Å². The molecule has 0 aliphatic rings. The van der Waals surface area contributed by atoms with Gasteiger partial charge in [0.25, 0.3) is 0 Å². The number of nitrogens with zero attached hydrogens (tertiary/aromatic N) is 2. The maximum atomic E-state index is 6.19. The zero-order valence-electron chi connectivity index (χ0n) is 11.2. The lowest BCUT2D eigenvalue weighted by Crippen LogP contribution is -1.97. The molecule has 3 nitrogen and oxygen atoms in total. The minimum atomic E-state index is 0.288. The van der Waals surface area contributed by atoms with Crippen molar-refractivity contribution in [1.82, 2.24) is 15.0 Å². The number of hydrogen-bond acceptors (Lipinski definition) is 3. The summed E-state index contributed by atoms with van der Waals surface area (Å²) in [4.78, 5) is 11.8. The van der Waals surface area contributed by atoms with Crippen LogP contribution in [0.1, 0.15) is 25.3 Å². The van der Waals surface area contributed by atoms with Gasteiger partial charge in [-0.25, -0.2) is 9.97 Å². The second kappa shape index (κ2) is 5.46. The lowest BCUT2D eigenvalue weighted by Gasteiger charge is -2.11. The first-order chi connectivity index (χ1) is 9.65. The van der Waals surface area contributed by atoms with E-state index in [2.05, 4.69) is 47.0 Å². The van der Waals surface area contributed by atoms with E-state index in [1.807, 2.05) is 12.1 Å². The molecule has 0 radical (unpaired) electrons. The standard InChI is InChI=1S/C15H14ClN3S/c1-9(2)13-14(16)17-8-18-15(13)20-12-7-10-5-3-4-6-11(10)19-12/h3-9,19H,1-2H3. The molecule has 0 bridgehead atoms. The van der Waals surface area contributed by atoms with Crippen LogP contribution in [-0.4, -0.2) is 15.0 Å². The molecular formula is C15H14ClN3S. The van der Waals surface area contributed by atoms with Gasteiger partial charge in [0.05, 0.1) is 5.03 Å². The molecule has 1 aromatic carbocycles. The topological polar surface area (TPSA) is 41.6 Å². The van der Waals surface area contributed by atoms with Crippen LogP contribution in [0.4, 0.5) is 0 Å². The van der Waals surface area contributed by atoms with E-state index in [1.54, 1.807) is 11.8 Å². The number of aromatic amines is 1. The van der Waals surface area contributed by atoms with E-state index in [0.717, 1.165) is 21.1 Å². The average Bonchev–Trinajstić information content (AvgIpc) is 2.80. The minimum absolute atomic E-state index is 0.288. The van der Waals surface area contributed by atoms with Crippen molar-refractivity contribution in [1.29, 1.82) is 0 Å². The van der Waals surface area contributed by atoms with Crippen LogP contribution in [0, 0.1) is 0 Å². The van der Waals surface area contributed by atoms with Crippen molar-refractivity contribution >= 4 is 34.3 Å². The summed E-state index contributed by atoms with van der Waals surface area (Å²) >= 11 is 7.79. The van der Waals surface area contributed by atoms with Crippen LogP contribution in [0.2, 0.25) is 5.15 Å². The van der Waals surface area contributed by atoms with E-state index in [9.17, 15) is 0 Å². The Bertz CT molecular complexity index is 719. The van der Waals surface area contributed by atoms with Gasteiger partial charge in [0.1, 0.15) is 16.5 Å². The largest absolute Gasteiger partial charge is 0.349 e. The van der Waals surface area contributed by atoms with Crippen molar-refractivity contribution in [3.63, 3.8) is 0 Å². The molecule has 0 saturated carbocycles. The Hall–Kier alpha value is -1.52. The van der Waals surface area contributed by atoms with Crippen molar-refractivity contribution in [3.8, 4) is 0 Å². The molecule has 0 fully saturated rings. The Morgan fingerprint density at radius 2 is 2.00 bits per heavy atom. The van der Waals surface area contributed by atoms with Crippen molar-refractivity contribution in [2.24, 2.45) is 0 Å². The van der Waals surface area contributed by atoms with Crippen LogP contribution in [0.3, 0.4) is 0 Å². The van der Waals surface area contributed by atoms with E-state index < -0.39 is 0 Å². The number of para-hydroxylation sites is 1. The van der Waals surface area contributed by atoms with Gasteiger partial charge in [-0.2, -0.15) is 0 Å². The molecule has 0 aliphatic heterocycles. The average molecular weight is 304 g/mol. The Kier molecular flexibility index (Phi) is 3.68. The summed E-state index contributed by atoms with van der Waals surface area (Å²) in [7, 11) is 0.